The summed E-state index contributed by atoms with van der Waals surface area (Å²) in [5.41, 5.74) is 0. The van der Waals surface area contributed by atoms with E-state index in [1.165, 1.54) is 0 Å². The van der Waals surface area contributed by atoms with Crippen LogP contribution in [0.2, 0.25) is 0 Å². The van der Waals surface area contributed by atoms with Crippen LogP contribution in [-0.2, 0) is 14.3 Å². The Hall–Kier alpha value is -0.350. The molecular formula is C7H11BrO3. The SMILES string of the molecule is C=CC(=O)OC(C)OCCBr. The average Bonchev–Trinajstić information content (AvgIpc) is 2.00. The van der Waals surface area contributed by atoms with Gasteiger partial charge in [-0.05, 0) is 6.92 Å². The summed E-state index contributed by atoms with van der Waals surface area (Å²) in [5.74, 6) is -0.466. The number of rotatable bonds is 5. The van der Waals surface area contributed by atoms with Crippen molar-refractivity contribution in [3.63, 3.8) is 0 Å². The van der Waals surface area contributed by atoms with Gasteiger partial charge in [0.25, 0.3) is 0 Å². The Morgan fingerprint density at radius 2 is 2.45 bits per heavy atom. The van der Waals surface area contributed by atoms with Gasteiger partial charge in [0.15, 0.2) is 6.29 Å². The van der Waals surface area contributed by atoms with Gasteiger partial charge in [-0.3, -0.25) is 0 Å². The lowest BCUT2D eigenvalue weighted by Crippen LogP contribution is -2.17. The average molecular weight is 223 g/mol. The van der Waals surface area contributed by atoms with Crippen molar-refractivity contribution in [3.8, 4) is 0 Å². The molecule has 64 valence electrons. The van der Waals surface area contributed by atoms with Gasteiger partial charge in [0.05, 0.1) is 6.61 Å². The van der Waals surface area contributed by atoms with E-state index in [1.54, 1.807) is 6.92 Å². The van der Waals surface area contributed by atoms with E-state index in [0.29, 0.717) is 6.61 Å². The molecule has 0 amide bonds. The first kappa shape index (κ1) is 10.7. The number of hydrogen-bond acceptors (Lipinski definition) is 3. The fourth-order valence-corrected chi connectivity index (χ4v) is 0.643. The summed E-state index contributed by atoms with van der Waals surface area (Å²) in [6, 6.07) is 0. The summed E-state index contributed by atoms with van der Waals surface area (Å²) in [7, 11) is 0. The van der Waals surface area contributed by atoms with Crippen LogP contribution >= 0.6 is 15.9 Å². The number of carbonyl (C=O) groups excluding carboxylic acids is 1. The molecule has 0 saturated heterocycles. The molecule has 3 nitrogen and oxygen atoms in total. The third-order valence-electron chi connectivity index (χ3n) is 0.878. The Kier molecular flexibility index (Phi) is 6.16. The molecule has 0 fully saturated rings. The highest BCUT2D eigenvalue weighted by atomic mass is 79.9. The van der Waals surface area contributed by atoms with Gasteiger partial charge in [0.2, 0.25) is 0 Å². The van der Waals surface area contributed by atoms with Crippen LogP contribution < -0.4 is 0 Å². The van der Waals surface area contributed by atoms with Gasteiger partial charge < -0.3 is 9.47 Å². The first-order valence-electron chi connectivity index (χ1n) is 3.21. The van der Waals surface area contributed by atoms with Crippen LogP contribution in [0, 0.1) is 0 Å². The first-order valence-corrected chi connectivity index (χ1v) is 4.33. The Labute approximate surface area is 74.5 Å². The Bertz CT molecular complexity index is 136. The Balaban J connectivity index is 3.43. The predicted molar refractivity (Wildman–Crippen MR) is 45.5 cm³/mol. The van der Waals surface area contributed by atoms with E-state index in [0.717, 1.165) is 11.4 Å². The summed E-state index contributed by atoms with van der Waals surface area (Å²) in [6.45, 7) is 5.43. The zero-order chi connectivity index (χ0) is 8.69. The highest BCUT2D eigenvalue weighted by molar-refractivity contribution is 9.09. The van der Waals surface area contributed by atoms with E-state index in [1.807, 2.05) is 0 Å². The van der Waals surface area contributed by atoms with Crippen molar-refractivity contribution < 1.29 is 14.3 Å². The molecule has 0 rings (SSSR count). The van der Waals surface area contributed by atoms with Crippen LogP contribution in [0.5, 0.6) is 0 Å². The minimum Gasteiger partial charge on any atom is -0.433 e. The zero-order valence-corrected chi connectivity index (χ0v) is 7.96. The second kappa shape index (κ2) is 6.37. The van der Waals surface area contributed by atoms with Crippen LogP contribution in [0.1, 0.15) is 6.92 Å². The molecule has 0 bridgehead atoms. The number of halogens is 1. The molecule has 1 unspecified atom stereocenters. The highest BCUT2D eigenvalue weighted by Gasteiger charge is 2.04. The fourth-order valence-electron chi connectivity index (χ4n) is 0.456. The monoisotopic (exact) mass is 222 g/mol. The number of carbonyl (C=O) groups is 1. The molecule has 1 atom stereocenters. The van der Waals surface area contributed by atoms with Crippen molar-refractivity contribution in [2.75, 3.05) is 11.9 Å². The minimum atomic E-state index is -0.502. The van der Waals surface area contributed by atoms with Gasteiger partial charge in [-0.15, -0.1) is 0 Å². The Morgan fingerprint density at radius 1 is 1.82 bits per heavy atom. The molecule has 0 aromatic carbocycles. The van der Waals surface area contributed by atoms with Crippen molar-refractivity contribution in [1.82, 2.24) is 0 Å². The van der Waals surface area contributed by atoms with Crippen LogP contribution in [0.3, 0.4) is 0 Å². The third-order valence-corrected chi connectivity index (χ3v) is 1.20. The number of alkyl halides is 1. The lowest BCUT2D eigenvalue weighted by atomic mass is 10.6. The van der Waals surface area contributed by atoms with Gasteiger partial charge in [-0.1, -0.05) is 22.5 Å². The van der Waals surface area contributed by atoms with E-state index in [4.69, 9.17) is 9.47 Å². The molecule has 4 heteroatoms. The molecule has 0 spiro atoms. The molecule has 0 saturated carbocycles. The maximum Gasteiger partial charge on any atom is 0.332 e. The van der Waals surface area contributed by atoms with Crippen molar-refractivity contribution in [1.29, 1.82) is 0 Å². The molecule has 0 aliphatic heterocycles. The second-order valence-corrected chi connectivity index (χ2v) is 2.56. The number of ether oxygens (including phenoxy) is 2. The lowest BCUT2D eigenvalue weighted by Gasteiger charge is -2.11. The zero-order valence-electron chi connectivity index (χ0n) is 6.38. The molecule has 0 aromatic rings. The smallest absolute Gasteiger partial charge is 0.332 e. The van der Waals surface area contributed by atoms with Crippen LogP contribution in [0.15, 0.2) is 12.7 Å². The van der Waals surface area contributed by atoms with Gasteiger partial charge in [-0.2, -0.15) is 0 Å². The normalized spacial score (nSPS) is 12.2. The van der Waals surface area contributed by atoms with Crippen molar-refractivity contribution in [2.45, 2.75) is 13.2 Å². The number of hydrogen-bond donors (Lipinski definition) is 0. The molecule has 0 radical (unpaired) electrons. The molecule has 11 heavy (non-hydrogen) atoms. The van der Waals surface area contributed by atoms with Gasteiger partial charge >= 0.3 is 5.97 Å². The third kappa shape index (κ3) is 6.06. The maximum absolute atomic E-state index is 10.6. The standard InChI is InChI=1S/C7H11BrO3/c1-3-7(9)11-6(2)10-5-4-8/h3,6H,1,4-5H2,2H3. The van der Waals surface area contributed by atoms with Crippen molar-refractivity contribution in [3.05, 3.63) is 12.7 Å². The molecular weight excluding hydrogens is 212 g/mol. The van der Waals surface area contributed by atoms with Crippen LogP contribution in [0.25, 0.3) is 0 Å². The van der Waals surface area contributed by atoms with E-state index >= 15 is 0 Å². The topological polar surface area (TPSA) is 35.5 Å². The summed E-state index contributed by atoms with van der Waals surface area (Å²) in [5, 5.41) is 0.725. The Morgan fingerprint density at radius 3 is 2.91 bits per heavy atom. The van der Waals surface area contributed by atoms with Crippen molar-refractivity contribution >= 4 is 21.9 Å². The van der Waals surface area contributed by atoms with E-state index in [-0.39, 0.29) is 0 Å². The largest absolute Gasteiger partial charge is 0.433 e. The quantitative estimate of drug-likeness (QED) is 0.306. The molecule has 0 aromatic heterocycles. The summed E-state index contributed by atoms with van der Waals surface area (Å²) in [4.78, 5) is 10.6. The molecule has 0 heterocycles. The van der Waals surface area contributed by atoms with E-state index in [2.05, 4.69) is 22.5 Å². The number of esters is 1. The fraction of sp³-hybridized carbons (Fsp3) is 0.571. The minimum absolute atomic E-state index is 0.466. The highest BCUT2D eigenvalue weighted by Crippen LogP contribution is 1.95. The molecule has 0 N–H and O–H groups in total. The van der Waals surface area contributed by atoms with E-state index in [9.17, 15) is 4.79 Å². The molecule has 0 aliphatic carbocycles. The molecule has 0 aliphatic rings. The maximum atomic E-state index is 10.6. The van der Waals surface area contributed by atoms with Gasteiger partial charge in [0.1, 0.15) is 0 Å². The lowest BCUT2D eigenvalue weighted by molar-refractivity contribution is -0.167. The van der Waals surface area contributed by atoms with E-state index < -0.39 is 12.3 Å². The van der Waals surface area contributed by atoms with Crippen molar-refractivity contribution in [2.24, 2.45) is 0 Å². The predicted octanol–water partition coefficient (Wildman–Crippen LogP) is 1.47. The summed E-state index contributed by atoms with van der Waals surface area (Å²) >= 11 is 3.18. The van der Waals surface area contributed by atoms with Gasteiger partial charge in [-0.25, -0.2) is 4.79 Å². The summed E-state index contributed by atoms with van der Waals surface area (Å²) in [6.07, 6.45) is 0.603. The summed E-state index contributed by atoms with van der Waals surface area (Å²) < 4.78 is 9.73. The van der Waals surface area contributed by atoms with Gasteiger partial charge in [0, 0.05) is 11.4 Å². The van der Waals surface area contributed by atoms with Crippen LogP contribution in [0.4, 0.5) is 0 Å². The first-order chi connectivity index (χ1) is 5.20. The second-order valence-electron chi connectivity index (χ2n) is 1.77. The van der Waals surface area contributed by atoms with Crippen LogP contribution in [-0.4, -0.2) is 24.2 Å².